The topological polar surface area (TPSA) is 66.8 Å². The van der Waals surface area contributed by atoms with Crippen LogP contribution < -0.4 is 9.64 Å². The summed E-state index contributed by atoms with van der Waals surface area (Å²) in [5.74, 6) is -0.821. The number of carbonyl (C=O) groups is 2. The van der Waals surface area contributed by atoms with Crippen molar-refractivity contribution < 1.29 is 19.4 Å². The minimum atomic E-state index is -0.762. The highest BCUT2D eigenvalue weighted by Crippen LogP contribution is 2.43. The highest BCUT2D eigenvalue weighted by Gasteiger charge is 2.47. The number of ether oxygens (including phenoxy) is 1. The van der Waals surface area contributed by atoms with Crippen LogP contribution in [0.25, 0.3) is 5.76 Å². The lowest BCUT2D eigenvalue weighted by Crippen LogP contribution is -2.30. The Morgan fingerprint density at radius 1 is 0.939 bits per heavy atom. The van der Waals surface area contributed by atoms with Gasteiger partial charge < -0.3 is 9.84 Å². The number of rotatable bonds is 5. The fourth-order valence-corrected chi connectivity index (χ4v) is 4.28. The Hall–Kier alpha value is -3.86. The van der Waals surface area contributed by atoms with E-state index in [1.807, 2.05) is 94.4 Å². The van der Waals surface area contributed by atoms with Gasteiger partial charge in [0.15, 0.2) is 0 Å². The fraction of sp³-hybridized carbons (Fsp3) is 0.214. The normalized spacial score (nSPS) is 17.5. The van der Waals surface area contributed by atoms with Gasteiger partial charge in [-0.2, -0.15) is 0 Å². The first-order valence-electron chi connectivity index (χ1n) is 11.0. The van der Waals surface area contributed by atoms with Crippen LogP contribution in [-0.4, -0.2) is 23.4 Å². The van der Waals surface area contributed by atoms with Gasteiger partial charge in [-0.1, -0.05) is 48.0 Å². The van der Waals surface area contributed by atoms with Crippen LogP contribution in [0.15, 0.2) is 72.3 Å². The number of aliphatic hydroxyl groups excluding tert-OH is 1. The number of ketones is 1. The van der Waals surface area contributed by atoms with Crippen molar-refractivity contribution in [2.75, 3.05) is 11.5 Å². The Balaban J connectivity index is 1.96. The molecule has 1 aliphatic rings. The fourth-order valence-electron chi connectivity index (χ4n) is 4.28. The molecule has 0 saturated carbocycles. The molecule has 5 nitrogen and oxygen atoms in total. The Bertz CT molecular complexity index is 1260. The Morgan fingerprint density at radius 3 is 2.30 bits per heavy atom. The summed E-state index contributed by atoms with van der Waals surface area (Å²) in [4.78, 5) is 28.1. The monoisotopic (exact) mass is 441 g/mol. The first kappa shape index (κ1) is 22.3. The van der Waals surface area contributed by atoms with E-state index in [1.54, 1.807) is 0 Å². The summed E-state index contributed by atoms with van der Waals surface area (Å²) >= 11 is 0. The maximum Gasteiger partial charge on any atom is 0.300 e. The third kappa shape index (κ3) is 4.02. The van der Waals surface area contributed by atoms with E-state index >= 15 is 0 Å². The average molecular weight is 442 g/mol. The van der Waals surface area contributed by atoms with Gasteiger partial charge in [0.2, 0.25) is 0 Å². The molecule has 1 aliphatic heterocycles. The summed E-state index contributed by atoms with van der Waals surface area (Å²) in [5.41, 5.74) is 4.63. The highest BCUT2D eigenvalue weighted by atomic mass is 16.5. The van der Waals surface area contributed by atoms with Gasteiger partial charge in [0.05, 0.1) is 18.2 Å². The summed E-state index contributed by atoms with van der Waals surface area (Å²) in [7, 11) is 0. The van der Waals surface area contributed by atoms with Crippen molar-refractivity contribution in [2.24, 2.45) is 0 Å². The minimum absolute atomic E-state index is 0.0844. The van der Waals surface area contributed by atoms with Gasteiger partial charge in [0.1, 0.15) is 11.5 Å². The molecule has 1 amide bonds. The molecule has 0 bridgehead atoms. The van der Waals surface area contributed by atoms with Crippen LogP contribution >= 0.6 is 0 Å². The van der Waals surface area contributed by atoms with E-state index in [0.29, 0.717) is 29.2 Å². The lowest BCUT2D eigenvalue weighted by molar-refractivity contribution is -0.132. The number of para-hydroxylation sites is 1. The molecule has 33 heavy (non-hydrogen) atoms. The first-order chi connectivity index (χ1) is 15.8. The minimum Gasteiger partial charge on any atom is -0.507 e. The van der Waals surface area contributed by atoms with Gasteiger partial charge in [0, 0.05) is 11.3 Å². The highest BCUT2D eigenvalue weighted by molar-refractivity contribution is 6.51. The quantitative estimate of drug-likeness (QED) is 0.316. The van der Waals surface area contributed by atoms with Crippen molar-refractivity contribution in [3.8, 4) is 5.75 Å². The van der Waals surface area contributed by atoms with Crippen molar-refractivity contribution >= 4 is 23.1 Å². The second kappa shape index (κ2) is 8.94. The maximum absolute atomic E-state index is 13.3. The van der Waals surface area contributed by atoms with E-state index in [4.69, 9.17) is 4.74 Å². The van der Waals surface area contributed by atoms with Crippen molar-refractivity contribution in [1.82, 2.24) is 0 Å². The first-order valence-corrected chi connectivity index (χ1v) is 11.0. The van der Waals surface area contributed by atoms with E-state index in [9.17, 15) is 14.7 Å². The van der Waals surface area contributed by atoms with Crippen LogP contribution in [-0.2, 0) is 9.59 Å². The van der Waals surface area contributed by atoms with Crippen molar-refractivity contribution in [3.63, 3.8) is 0 Å². The second-order valence-electron chi connectivity index (χ2n) is 8.28. The number of amides is 1. The maximum atomic E-state index is 13.3. The molecule has 3 aromatic carbocycles. The molecular weight excluding hydrogens is 414 g/mol. The summed E-state index contributed by atoms with van der Waals surface area (Å²) < 4.78 is 5.56. The zero-order valence-electron chi connectivity index (χ0n) is 19.3. The molecule has 1 N–H and O–H groups in total. The van der Waals surface area contributed by atoms with Crippen molar-refractivity contribution in [1.29, 1.82) is 0 Å². The van der Waals surface area contributed by atoms with Crippen molar-refractivity contribution in [3.05, 3.63) is 100 Å². The molecule has 168 valence electrons. The molecule has 1 saturated heterocycles. The van der Waals surface area contributed by atoms with Crippen LogP contribution in [0.4, 0.5) is 5.69 Å². The molecule has 4 rings (SSSR count). The summed E-state index contributed by atoms with van der Waals surface area (Å²) in [6.07, 6.45) is 0. The molecule has 3 aromatic rings. The lowest BCUT2D eigenvalue weighted by atomic mass is 9.93. The molecule has 1 fully saturated rings. The summed E-state index contributed by atoms with van der Waals surface area (Å²) in [6.45, 7) is 8.14. The van der Waals surface area contributed by atoms with Gasteiger partial charge in [0.25, 0.3) is 11.7 Å². The second-order valence-corrected chi connectivity index (χ2v) is 8.28. The van der Waals surface area contributed by atoms with Gasteiger partial charge in [-0.3, -0.25) is 14.5 Å². The number of Topliss-reactive ketones (excluding diaryl/α,β-unsaturated/α-hetero) is 1. The van der Waals surface area contributed by atoms with E-state index in [2.05, 4.69) is 0 Å². The Kier molecular flexibility index (Phi) is 6.05. The number of aliphatic hydroxyl groups is 1. The largest absolute Gasteiger partial charge is 0.507 e. The molecule has 0 radical (unpaired) electrons. The molecule has 0 aliphatic carbocycles. The predicted octanol–water partition coefficient (Wildman–Crippen LogP) is 5.64. The van der Waals surface area contributed by atoms with Crippen LogP contribution in [0, 0.1) is 20.8 Å². The Labute approximate surface area is 193 Å². The summed E-state index contributed by atoms with van der Waals surface area (Å²) in [5, 5.41) is 11.4. The van der Waals surface area contributed by atoms with Gasteiger partial charge in [-0.25, -0.2) is 0 Å². The smallest absolute Gasteiger partial charge is 0.300 e. The zero-order valence-corrected chi connectivity index (χ0v) is 19.3. The third-order valence-electron chi connectivity index (χ3n) is 5.97. The third-order valence-corrected chi connectivity index (χ3v) is 5.97. The number of hydrogen-bond donors (Lipinski definition) is 1. The molecule has 0 spiro atoms. The van der Waals surface area contributed by atoms with E-state index < -0.39 is 17.7 Å². The number of aryl methyl sites for hydroxylation is 3. The molecule has 0 aromatic heterocycles. The van der Waals surface area contributed by atoms with Crippen LogP contribution in [0.2, 0.25) is 0 Å². The van der Waals surface area contributed by atoms with Gasteiger partial charge in [-0.05, 0) is 68.7 Å². The van der Waals surface area contributed by atoms with E-state index in [-0.39, 0.29) is 11.3 Å². The number of benzene rings is 3. The zero-order chi connectivity index (χ0) is 23.7. The van der Waals surface area contributed by atoms with Crippen molar-refractivity contribution in [2.45, 2.75) is 33.7 Å². The van der Waals surface area contributed by atoms with E-state index in [0.717, 1.165) is 16.7 Å². The van der Waals surface area contributed by atoms with Crippen LogP contribution in [0.1, 0.15) is 40.8 Å². The SMILES string of the molecule is CCOc1ccc(C2/C(=C(\O)c3cc(C)ccc3C)C(=O)C(=O)N2c2ccccc2C)cc1. The van der Waals surface area contributed by atoms with E-state index in [1.165, 1.54) is 4.90 Å². The lowest BCUT2D eigenvalue weighted by Gasteiger charge is -2.27. The van der Waals surface area contributed by atoms with Gasteiger partial charge in [-0.15, -0.1) is 0 Å². The number of carbonyl (C=O) groups excluding carboxylic acids is 2. The summed E-state index contributed by atoms with van der Waals surface area (Å²) in [6, 6.07) is 19.7. The number of nitrogens with zero attached hydrogens (tertiary/aromatic N) is 1. The number of anilines is 1. The van der Waals surface area contributed by atoms with Crippen LogP contribution in [0.3, 0.4) is 0 Å². The standard InChI is InChI=1S/C28H27NO4/c1-5-33-21-14-12-20(13-15-21)25-24(26(30)22-16-17(2)10-11-18(22)3)27(31)28(32)29(25)23-9-7-6-8-19(23)4/h6-16,25,30H,5H2,1-4H3/b26-24+. The molecular formula is C28H27NO4. The average Bonchev–Trinajstić information content (AvgIpc) is 3.06. The number of hydrogen-bond acceptors (Lipinski definition) is 4. The molecule has 1 atom stereocenters. The predicted molar refractivity (Wildman–Crippen MR) is 129 cm³/mol. The molecule has 1 heterocycles. The molecule has 5 heteroatoms. The van der Waals surface area contributed by atoms with Gasteiger partial charge >= 0.3 is 0 Å². The Morgan fingerprint density at radius 2 is 1.64 bits per heavy atom. The molecule has 1 unspecified atom stereocenters. The van der Waals surface area contributed by atoms with Crippen LogP contribution in [0.5, 0.6) is 5.75 Å².